The Hall–Kier alpha value is -2.89. The van der Waals surface area contributed by atoms with Crippen molar-refractivity contribution in [3.8, 4) is 22.3 Å². The van der Waals surface area contributed by atoms with Crippen LogP contribution in [-0.4, -0.2) is 19.5 Å². The monoisotopic (exact) mass is 480 g/mol. The molecule has 184 valence electrons. The lowest BCUT2D eigenvalue weighted by atomic mass is 9.94. The number of ether oxygens (including phenoxy) is 2. The highest BCUT2D eigenvalue weighted by Gasteiger charge is 2.24. The van der Waals surface area contributed by atoms with Gasteiger partial charge in [-0.1, -0.05) is 74.4 Å². The van der Waals surface area contributed by atoms with Gasteiger partial charge in [-0.05, 0) is 59.7 Å². The molecule has 0 aliphatic carbocycles. The average molecular weight is 481 g/mol. The summed E-state index contributed by atoms with van der Waals surface area (Å²) in [5.74, 6) is -2.08. The number of hydrogen-bond acceptors (Lipinski definition) is 2. The lowest BCUT2D eigenvalue weighted by molar-refractivity contribution is -0.159. The predicted octanol–water partition coefficient (Wildman–Crippen LogP) is 8.20. The number of aryl methyl sites for hydroxylation is 1. The molecule has 0 radical (unpaired) electrons. The van der Waals surface area contributed by atoms with Gasteiger partial charge < -0.3 is 9.47 Å². The SMILES string of the molecule is C/C=C/C1OCC(c2ccc(-c3ccc(-c4ccc(CCCCC)c(F)c4F)cc3)cc2F)CO1. The summed E-state index contributed by atoms with van der Waals surface area (Å²) in [6.45, 7) is 4.75. The van der Waals surface area contributed by atoms with Crippen LogP contribution in [0.25, 0.3) is 22.3 Å². The van der Waals surface area contributed by atoms with Crippen LogP contribution in [0.5, 0.6) is 0 Å². The second-order valence-corrected chi connectivity index (χ2v) is 8.93. The van der Waals surface area contributed by atoms with E-state index in [4.69, 9.17) is 9.47 Å². The van der Waals surface area contributed by atoms with Crippen molar-refractivity contribution in [3.63, 3.8) is 0 Å². The molecule has 0 aromatic heterocycles. The smallest absolute Gasteiger partial charge is 0.176 e. The predicted molar refractivity (Wildman–Crippen MR) is 134 cm³/mol. The topological polar surface area (TPSA) is 18.5 Å². The highest BCUT2D eigenvalue weighted by molar-refractivity contribution is 5.71. The van der Waals surface area contributed by atoms with E-state index in [1.165, 1.54) is 6.07 Å². The van der Waals surface area contributed by atoms with E-state index in [0.29, 0.717) is 41.9 Å². The third-order valence-electron chi connectivity index (χ3n) is 6.45. The molecule has 1 heterocycles. The van der Waals surface area contributed by atoms with Crippen molar-refractivity contribution in [2.45, 2.75) is 51.7 Å². The number of hydrogen-bond donors (Lipinski definition) is 0. The Kier molecular flexibility index (Phi) is 8.42. The maximum absolute atomic E-state index is 14.9. The fourth-order valence-corrected chi connectivity index (χ4v) is 4.42. The number of unbranched alkanes of at least 4 members (excludes halogenated alkanes) is 2. The number of halogens is 3. The zero-order valence-electron chi connectivity index (χ0n) is 20.2. The van der Waals surface area contributed by atoms with Crippen LogP contribution in [0.2, 0.25) is 0 Å². The molecule has 3 aromatic rings. The van der Waals surface area contributed by atoms with Crippen LogP contribution in [0.1, 0.15) is 50.2 Å². The number of benzene rings is 3. The molecule has 35 heavy (non-hydrogen) atoms. The second-order valence-electron chi connectivity index (χ2n) is 8.93. The quantitative estimate of drug-likeness (QED) is 0.239. The molecule has 1 aliphatic heterocycles. The van der Waals surface area contributed by atoms with Crippen molar-refractivity contribution >= 4 is 0 Å². The van der Waals surface area contributed by atoms with Gasteiger partial charge in [0.2, 0.25) is 0 Å². The van der Waals surface area contributed by atoms with Crippen LogP contribution in [0, 0.1) is 17.5 Å². The molecule has 0 N–H and O–H groups in total. The molecule has 0 saturated carbocycles. The van der Waals surface area contributed by atoms with Crippen molar-refractivity contribution in [3.05, 3.63) is 95.3 Å². The van der Waals surface area contributed by atoms with Crippen LogP contribution < -0.4 is 0 Å². The molecule has 0 atom stereocenters. The van der Waals surface area contributed by atoms with Crippen molar-refractivity contribution in [2.24, 2.45) is 0 Å². The Morgan fingerprint density at radius 3 is 2.17 bits per heavy atom. The molecule has 1 fully saturated rings. The fourth-order valence-electron chi connectivity index (χ4n) is 4.42. The van der Waals surface area contributed by atoms with Crippen LogP contribution in [0.4, 0.5) is 13.2 Å². The normalized spacial score (nSPS) is 18.3. The third kappa shape index (κ3) is 5.85. The van der Waals surface area contributed by atoms with Crippen LogP contribution >= 0.6 is 0 Å². The molecule has 1 aliphatic rings. The summed E-state index contributed by atoms with van der Waals surface area (Å²) in [4.78, 5) is 0. The van der Waals surface area contributed by atoms with E-state index in [2.05, 4.69) is 6.92 Å². The van der Waals surface area contributed by atoms with Gasteiger partial charge >= 0.3 is 0 Å². The van der Waals surface area contributed by atoms with E-state index in [0.717, 1.165) is 24.8 Å². The van der Waals surface area contributed by atoms with E-state index in [1.54, 1.807) is 42.5 Å². The van der Waals surface area contributed by atoms with Gasteiger partial charge in [0.1, 0.15) is 5.82 Å². The molecule has 1 saturated heterocycles. The average Bonchev–Trinajstić information content (AvgIpc) is 2.88. The van der Waals surface area contributed by atoms with Gasteiger partial charge in [-0.2, -0.15) is 0 Å². The van der Waals surface area contributed by atoms with Crippen LogP contribution in [0.3, 0.4) is 0 Å². The molecule has 4 rings (SSSR count). The molecule has 0 spiro atoms. The zero-order valence-corrected chi connectivity index (χ0v) is 20.2. The highest BCUT2D eigenvalue weighted by Crippen LogP contribution is 2.32. The van der Waals surface area contributed by atoms with Crippen molar-refractivity contribution < 1.29 is 22.6 Å². The summed E-state index contributed by atoms with van der Waals surface area (Å²) in [5.41, 5.74) is 3.28. The molecule has 0 unspecified atom stereocenters. The summed E-state index contributed by atoms with van der Waals surface area (Å²) >= 11 is 0. The molecule has 3 aromatic carbocycles. The third-order valence-corrected chi connectivity index (χ3v) is 6.45. The van der Waals surface area contributed by atoms with Gasteiger partial charge in [0.05, 0.1) is 13.2 Å². The minimum atomic E-state index is -0.823. The first kappa shape index (κ1) is 25.2. The fraction of sp³-hybridized carbons (Fsp3) is 0.333. The van der Waals surface area contributed by atoms with Gasteiger partial charge in [-0.15, -0.1) is 0 Å². The summed E-state index contributed by atoms with van der Waals surface area (Å²) in [5, 5.41) is 0. The van der Waals surface area contributed by atoms with Crippen molar-refractivity contribution in [2.75, 3.05) is 13.2 Å². The number of allylic oxidation sites excluding steroid dienone is 1. The summed E-state index contributed by atoms with van der Waals surface area (Å²) in [6.07, 6.45) is 6.70. The van der Waals surface area contributed by atoms with E-state index >= 15 is 0 Å². The molecule has 5 heteroatoms. The van der Waals surface area contributed by atoms with Crippen LogP contribution in [-0.2, 0) is 15.9 Å². The maximum atomic E-state index is 14.9. The molecular formula is C30H31F3O2. The lowest BCUT2D eigenvalue weighted by Crippen LogP contribution is -2.29. The van der Waals surface area contributed by atoms with Crippen LogP contribution in [0.15, 0.2) is 66.7 Å². The van der Waals surface area contributed by atoms with E-state index in [-0.39, 0.29) is 23.6 Å². The summed E-state index contributed by atoms with van der Waals surface area (Å²) in [7, 11) is 0. The van der Waals surface area contributed by atoms with Gasteiger partial charge in [-0.3, -0.25) is 0 Å². The Morgan fingerprint density at radius 2 is 1.51 bits per heavy atom. The van der Waals surface area contributed by atoms with E-state index in [9.17, 15) is 13.2 Å². The Balaban J connectivity index is 1.48. The number of rotatable bonds is 8. The minimum absolute atomic E-state index is 0.171. The van der Waals surface area contributed by atoms with E-state index in [1.807, 2.05) is 25.1 Å². The van der Waals surface area contributed by atoms with Crippen molar-refractivity contribution in [1.82, 2.24) is 0 Å². The standard InChI is InChI=1S/C30H31F3O2/c1-3-5-6-8-22-13-16-26(30(33)29(22)32)21-11-9-20(10-12-21)23-14-15-25(27(31)17-23)24-18-34-28(7-4-2)35-19-24/h4,7,9-17,24,28H,3,5-6,8,18-19H2,1-2H3/b7-4+. The molecular weight excluding hydrogens is 449 g/mol. The second kappa shape index (κ2) is 11.7. The van der Waals surface area contributed by atoms with Crippen molar-refractivity contribution in [1.29, 1.82) is 0 Å². The first-order valence-electron chi connectivity index (χ1n) is 12.2. The highest BCUT2D eigenvalue weighted by atomic mass is 19.2. The Morgan fingerprint density at radius 1 is 0.829 bits per heavy atom. The minimum Gasteiger partial charge on any atom is -0.348 e. The Labute approximate surface area is 205 Å². The largest absolute Gasteiger partial charge is 0.348 e. The molecule has 0 bridgehead atoms. The van der Waals surface area contributed by atoms with Gasteiger partial charge in [-0.25, -0.2) is 13.2 Å². The molecule has 0 amide bonds. The maximum Gasteiger partial charge on any atom is 0.176 e. The first-order chi connectivity index (χ1) is 17.0. The zero-order chi connectivity index (χ0) is 24.8. The Bertz CT molecular complexity index is 1160. The summed E-state index contributed by atoms with van der Waals surface area (Å²) < 4.78 is 55.5. The summed E-state index contributed by atoms with van der Waals surface area (Å²) in [6, 6.07) is 15.5. The first-order valence-corrected chi connectivity index (χ1v) is 12.2. The molecule has 2 nitrogen and oxygen atoms in total. The lowest BCUT2D eigenvalue weighted by Gasteiger charge is -2.28. The van der Waals surface area contributed by atoms with E-state index < -0.39 is 11.6 Å². The van der Waals surface area contributed by atoms with Gasteiger partial charge in [0, 0.05) is 11.5 Å². The van der Waals surface area contributed by atoms with Gasteiger partial charge in [0.15, 0.2) is 17.9 Å². The van der Waals surface area contributed by atoms with Gasteiger partial charge in [0.25, 0.3) is 0 Å².